The number of pyridine rings is 1. The number of para-hydroxylation sites is 2. The molecule has 17 rings (SSSR count). The monoisotopic (exact) mass is 1720 g/mol. The van der Waals surface area contributed by atoms with Gasteiger partial charge in [0.2, 0.25) is 29.5 Å². The van der Waals surface area contributed by atoms with Crippen molar-refractivity contribution in [1.29, 1.82) is 0 Å². The van der Waals surface area contributed by atoms with Crippen LogP contribution in [0.1, 0.15) is 81.5 Å². The van der Waals surface area contributed by atoms with Crippen molar-refractivity contribution >= 4 is 146 Å². The molecule has 5 unspecified atom stereocenters. The summed E-state index contributed by atoms with van der Waals surface area (Å²) < 4.78 is 6.80. The molecule has 5 saturated heterocycles. The van der Waals surface area contributed by atoms with Crippen molar-refractivity contribution in [2.45, 2.75) is 101 Å². The van der Waals surface area contributed by atoms with Gasteiger partial charge in [-0.2, -0.15) is 0 Å². The van der Waals surface area contributed by atoms with Gasteiger partial charge in [0.1, 0.15) is 58.7 Å². The van der Waals surface area contributed by atoms with Crippen molar-refractivity contribution in [3.8, 4) is 5.69 Å². The quantitative estimate of drug-likeness (QED) is 0.0300. The number of fused-ring (bicyclic) bond motifs is 1. The fraction of sp³-hybridized carbons (Fsp3) is 0.200. The molecule has 9 N–H and O–H groups in total. The zero-order valence-corrected chi connectivity index (χ0v) is 68.7. The van der Waals surface area contributed by atoms with Crippen molar-refractivity contribution in [2.75, 3.05) is 39.8 Å². The molecule has 0 radical (unpaired) electrons. The topological polar surface area (TPSA) is 441 Å². The number of nitrogens with one attached hydrogen (secondary N) is 9. The fourth-order valence-electron chi connectivity index (χ4n) is 14.7. The van der Waals surface area contributed by atoms with Gasteiger partial charge in [-0.3, -0.25) is 101 Å². The first-order valence-electron chi connectivity index (χ1n) is 39.6. The van der Waals surface area contributed by atoms with E-state index in [0.29, 0.717) is 126 Å². The summed E-state index contributed by atoms with van der Waals surface area (Å²) in [6, 6.07) is 35.2. The third kappa shape index (κ3) is 19.9. The van der Waals surface area contributed by atoms with E-state index >= 15 is 0 Å². The minimum atomic E-state index is -0.864. The summed E-state index contributed by atoms with van der Waals surface area (Å²) in [6.45, 7) is 20.4. The molecule has 0 spiro atoms. The molecule has 5 atom stereocenters. The number of esters is 1. The number of piperidine rings is 5. The molecular weight excluding hydrogens is 1640 g/mol. The molecule has 35 nitrogen and oxygen atoms in total. The highest BCUT2D eigenvalue weighted by atomic mass is 35.5. The first kappa shape index (κ1) is 87.7. The Hall–Kier alpha value is -16.1. The number of ether oxygens (including phenoxy) is 1. The lowest BCUT2D eigenvalue weighted by atomic mass is 10.0. The summed E-state index contributed by atoms with van der Waals surface area (Å²) in [5.41, 5.74) is 8.83. The summed E-state index contributed by atoms with van der Waals surface area (Å²) in [6.07, 6.45) is 17.4. The van der Waals surface area contributed by atoms with E-state index in [-0.39, 0.29) is 58.7 Å². The number of hydrogen-bond donors (Lipinski definition) is 9. The van der Waals surface area contributed by atoms with Crippen LogP contribution in [0.5, 0.6) is 0 Å². The van der Waals surface area contributed by atoms with E-state index in [9.17, 15) is 76.7 Å². The second kappa shape index (κ2) is 38.3. The van der Waals surface area contributed by atoms with Gasteiger partial charge in [0.05, 0.1) is 35.9 Å². The van der Waals surface area contributed by atoms with E-state index < -0.39 is 101 Å². The average molecular weight is 1720 g/mol. The summed E-state index contributed by atoms with van der Waals surface area (Å²) in [7, 11) is 1.72. The molecule has 0 aliphatic carbocycles. The number of imide groups is 5. The van der Waals surface area contributed by atoms with Crippen LogP contribution in [0.25, 0.3) is 16.6 Å². The van der Waals surface area contributed by atoms with Gasteiger partial charge in [-0.05, 0) is 156 Å². The number of anilines is 5. The molecule has 5 aromatic carbocycles. The smallest absolute Gasteiger partial charge is 0.338 e. The third-order valence-corrected chi connectivity index (χ3v) is 21.2. The van der Waals surface area contributed by atoms with Crippen LogP contribution < -0.4 is 52.8 Å². The van der Waals surface area contributed by atoms with Gasteiger partial charge in [0.25, 0.3) is 59.1 Å². The minimum Gasteiger partial charge on any atom is -0.462 e. The van der Waals surface area contributed by atoms with Crippen LogP contribution in [0.2, 0.25) is 5.02 Å². The highest BCUT2D eigenvalue weighted by Gasteiger charge is 2.47. The lowest BCUT2D eigenvalue weighted by Gasteiger charge is -2.30. The predicted molar refractivity (Wildman–Crippen MR) is 460 cm³/mol. The maximum absolute atomic E-state index is 12.7. The second-order valence-corrected chi connectivity index (χ2v) is 30.1. The second-order valence-electron chi connectivity index (χ2n) is 29.7. The number of likely N-dealkylation sites (N-methyl/N-ethyl adjacent to an activating group) is 1. The number of allylic oxidation sites excluding steroid dienone is 5. The zero-order valence-electron chi connectivity index (χ0n) is 67.9. The molecule has 642 valence electrons. The van der Waals surface area contributed by atoms with Gasteiger partial charge in [-0.15, -0.1) is 0 Å². The third-order valence-electron chi connectivity index (χ3n) is 21.0. The summed E-state index contributed by atoms with van der Waals surface area (Å²) in [4.78, 5) is 212. The summed E-state index contributed by atoms with van der Waals surface area (Å²) in [5, 5.41) is 26.0. The maximum atomic E-state index is 12.7. The number of carbonyl (C=O) groups is 16. The van der Waals surface area contributed by atoms with Crippen LogP contribution in [-0.4, -0.2) is 177 Å². The first-order chi connectivity index (χ1) is 60.4. The number of aromatic nitrogens is 3. The fourth-order valence-corrected chi connectivity index (χ4v) is 14.9. The molecule has 10 aliphatic heterocycles. The Bertz CT molecular complexity index is 5970. The summed E-state index contributed by atoms with van der Waals surface area (Å²) >= 11 is 5.90. The van der Waals surface area contributed by atoms with Gasteiger partial charge in [0, 0.05) is 117 Å². The van der Waals surface area contributed by atoms with Gasteiger partial charge >= 0.3 is 5.97 Å². The Morgan fingerprint density at radius 3 is 1.25 bits per heavy atom. The summed E-state index contributed by atoms with van der Waals surface area (Å²) in [5.74, 6) is -7.53. The minimum absolute atomic E-state index is 0.0400. The Balaban J connectivity index is 0.000000135. The molecule has 0 bridgehead atoms. The van der Waals surface area contributed by atoms with Crippen molar-refractivity contribution in [2.24, 2.45) is 0 Å². The van der Waals surface area contributed by atoms with E-state index in [2.05, 4.69) is 90.7 Å². The Morgan fingerprint density at radius 2 is 0.833 bits per heavy atom. The van der Waals surface area contributed by atoms with Crippen molar-refractivity contribution in [3.05, 3.63) is 289 Å². The Morgan fingerprint density at radius 1 is 0.444 bits per heavy atom. The van der Waals surface area contributed by atoms with Crippen molar-refractivity contribution < 1.29 is 81.4 Å². The lowest BCUT2D eigenvalue weighted by Crippen LogP contribution is -2.52. The van der Waals surface area contributed by atoms with E-state index in [1.165, 1.54) is 30.4 Å². The average Bonchev–Trinajstić information content (AvgIpc) is 1.69. The first-order valence-corrected chi connectivity index (χ1v) is 40.0. The maximum Gasteiger partial charge on any atom is 0.338 e. The van der Waals surface area contributed by atoms with E-state index in [0.717, 1.165) is 52.9 Å². The van der Waals surface area contributed by atoms with Gasteiger partial charge in [0.15, 0.2) is 0 Å². The molecule has 5 fully saturated rings. The standard InChI is InChI=1S/C19H17N5O3.C19H16N4O3.C19H19N3O5.C17H17N3O3.C16H14ClN3O3/c1-12-2-7-16(18(26)21-12)24-17(25)10-15(19(24)27)22-13-3-5-14(6-4-13)23-9-8-20-11-23;1-11-6-7-16(18(25)21-11)23-17(24)9-15(19(23)26)22-13-8-12-4-2-3-5-14(12)20-10-13;1-3-27-19(26)12-5-4-6-13(9-12)21-14-10-16(23)22(18(14)25)15-8-7-11(2)20-17(15)24;1-11-8-9-13(16(22)18-11)20-15(21)10-14(17(20)23)19(2)12-6-4-3-5-7-12;1-9-5-6-13(15(22)18-9)20-14(21)8-12(16(20)23)19-11-4-2-3-10(17)7-11/h3-6,8-11,16,22H,1-2,7H2,(H,21,26);2-5,8-10,16,22H,1,6-7H2,(H,21,25);4-6,9-10,15,21H,2-3,7-8H2,1H3,(H,20,24);3-7,10,13H,1,8-9H2,2H3,(H,18,22);2-4,7-8,13,19H,1,5-6H2,(H,18,22). The van der Waals surface area contributed by atoms with Crippen LogP contribution in [-0.2, 0) is 76.7 Å². The molecule has 0 saturated carbocycles. The SMILES string of the molecule is C=C1CCC(N2C(=O)C=C(N(C)c3ccccc3)C2=O)C(=O)N1.C=C1CCC(N2C(=O)C=C(Nc3ccc(-n4ccnc4)cc3)C2=O)C(=O)N1.C=C1CCC(N2C(=O)C=C(Nc3cccc(C(=O)OCC)c3)C2=O)C(=O)N1.C=C1CCC(N2C(=O)C=C(Nc3cccc(Cl)c3)C2=O)C(=O)N1.C=C1CCC(N2C(=O)C=C(Nc3cnc4ccccc4c3)C2=O)C(=O)N1. The van der Waals surface area contributed by atoms with Crippen LogP contribution in [0, 0.1) is 0 Å². The van der Waals surface area contributed by atoms with Crippen LogP contribution in [0.15, 0.2) is 279 Å². The number of imidazole rings is 1. The Labute approximate surface area is 725 Å². The number of nitrogens with zero attached hydrogens (tertiary/aromatic N) is 9. The molecule has 36 heteroatoms. The zero-order chi connectivity index (χ0) is 89.9. The molecule has 126 heavy (non-hydrogen) atoms. The van der Waals surface area contributed by atoms with Gasteiger partial charge < -0.3 is 62.1 Å². The highest BCUT2D eigenvalue weighted by molar-refractivity contribution is 6.31. The molecular formula is C90H83ClN18O17. The molecule has 7 aromatic rings. The molecule has 10 aliphatic rings. The number of hydrogen-bond acceptors (Lipinski definition) is 24. The van der Waals surface area contributed by atoms with E-state index in [4.69, 9.17) is 16.3 Å². The number of rotatable bonds is 18. The van der Waals surface area contributed by atoms with Crippen LogP contribution in [0.4, 0.5) is 28.4 Å². The van der Waals surface area contributed by atoms with E-state index in [1.54, 1.807) is 92.2 Å². The van der Waals surface area contributed by atoms with Crippen LogP contribution in [0.3, 0.4) is 0 Å². The predicted octanol–water partition coefficient (Wildman–Crippen LogP) is 7.31. The number of halogens is 1. The van der Waals surface area contributed by atoms with Crippen molar-refractivity contribution in [1.82, 2.24) is 65.6 Å². The van der Waals surface area contributed by atoms with Gasteiger partial charge in [-0.25, -0.2) is 9.78 Å². The number of carbonyl (C=O) groups excluding carboxylic acids is 16. The van der Waals surface area contributed by atoms with Crippen molar-refractivity contribution in [3.63, 3.8) is 0 Å². The highest BCUT2D eigenvalue weighted by Crippen LogP contribution is 2.33. The van der Waals surface area contributed by atoms with Crippen LogP contribution >= 0.6 is 11.6 Å². The largest absolute Gasteiger partial charge is 0.462 e. The molecule has 15 amide bonds. The number of amides is 15. The van der Waals surface area contributed by atoms with E-state index in [1.807, 2.05) is 83.6 Å². The molecule has 2 aromatic heterocycles. The molecule has 12 heterocycles. The Kier molecular flexibility index (Phi) is 26.7. The van der Waals surface area contributed by atoms with Gasteiger partial charge in [-0.1, -0.05) is 93.0 Å². The normalized spacial score (nSPS) is 20.5. The number of benzene rings is 5. The lowest BCUT2D eigenvalue weighted by molar-refractivity contribution is -0.146.